The molecule has 1 N–H and O–H groups in total. The molecule has 1 atom stereocenters. The van der Waals surface area contributed by atoms with Crippen LogP contribution in [0, 0.1) is 6.92 Å². The zero-order valence-electron chi connectivity index (χ0n) is 11.1. The number of nitrogens with zero attached hydrogens (tertiary/aromatic N) is 1. The Bertz CT molecular complexity index is 698. The fourth-order valence-electron chi connectivity index (χ4n) is 1.66. The highest BCUT2D eigenvalue weighted by Crippen LogP contribution is 2.23. The molecule has 4 nitrogen and oxygen atoms in total. The molecule has 2 aromatic rings. The highest BCUT2D eigenvalue weighted by atomic mass is 35.5. The molecule has 7 heteroatoms. The summed E-state index contributed by atoms with van der Waals surface area (Å²) in [4.78, 5) is 5.48. The van der Waals surface area contributed by atoms with Gasteiger partial charge in [0, 0.05) is 23.5 Å². The minimum atomic E-state index is -3.59. The molecule has 20 heavy (non-hydrogen) atoms. The van der Waals surface area contributed by atoms with Gasteiger partial charge in [0.25, 0.3) is 0 Å². The summed E-state index contributed by atoms with van der Waals surface area (Å²) in [6, 6.07) is 6.39. The number of nitrogens with one attached hydrogen (secondary N) is 1. The van der Waals surface area contributed by atoms with E-state index in [9.17, 15) is 8.42 Å². The molecule has 1 heterocycles. The Hall–Kier alpha value is -0.950. The van der Waals surface area contributed by atoms with Gasteiger partial charge in [0.05, 0.1) is 10.0 Å². The Kier molecular flexibility index (Phi) is 4.80. The molecule has 0 amide bonds. The van der Waals surface area contributed by atoms with Gasteiger partial charge >= 0.3 is 0 Å². The first-order valence-electron chi connectivity index (χ1n) is 6.06. The molecule has 2 rings (SSSR count). The van der Waals surface area contributed by atoms with Crippen LogP contribution >= 0.6 is 22.9 Å². The SMILES string of the molecule is Cc1cnc([C@@H](C)CNS(=O)(=O)c2ccccc2Cl)s1. The van der Waals surface area contributed by atoms with E-state index >= 15 is 0 Å². The van der Waals surface area contributed by atoms with Gasteiger partial charge in [-0.1, -0.05) is 30.7 Å². The van der Waals surface area contributed by atoms with Crippen LogP contribution in [0.3, 0.4) is 0 Å². The second-order valence-corrected chi connectivity index (χ2v) is 7.90. The number of aryl methyl sites for hydroxylation is 1. The minimum absolute atomic E-state index is 0.0194. The van der Waals surface area contributed by atoms with Crippen molar-refractivity contribution in [3.05, 3.63) is 45.4 Å². The number of thiazole rings is 1. The maximum atomic E-state index is 12.2. The van der Waals surface area contributed by atoms with E-state index in [-0.39, 0.29) is 15.8 Å². The van der Waals surface area contributed by atoms with Crippen LogP contribution in [0.2, 0.25) is 5.02 Å². The summed E-state index contributed by atoms with van der Waals surface area (Å²) in [6.45, 7) is 4.20. The van der Waals surface area contributed by atoms with Gasteiger partial charge in [-0.05, 0) is 19.1 Å². The van der Waals surface area contributed by atoms with Crippen molar-refractivity contribution >= 4 is 33.0 Å². The molecular weight excluding hydrogens is 316 g/mol. The van der Waals surface area contributed by atoms with Crippen LogP contribution < -0.4 is 4.72 Å². The lowest BCUT2D eigenvalue weighted by molar-refractivity contribution is 0.574. The molecule has 0 aliphatic heterocycles. The largest absolute Gasteiger partial charge is 0.249 e. The number of aromatic nitrogens is 1. The van der Waals surface area contributed by atoms with Gasteiger partial charge in [0.2, 0.25) is 10.0 Å². The van der Waals surface area contributed by atoms with Crippen molar-refractivity contribution in [3.8, 4) is 0 Å². The average molecular weight is 331 g/mol. The van der Waals surface area contributed by atoms with E-state index in [4.69, 9.17) is 11.6 Å². The molecule has 0 fully saturated rings. The van der Waals surface area contributed by atoms with Crippen molar-refractivity contribution in [2.24, 2.45) is 0 Å². The second-order valence-electron chi connectivity index (χ2n) is 4.49. The predicted octanol–water partition coefficient (Wildman–Crippen LogP) is 3.19. The normalized spacial score (nSPS) is 13.3. The molecule has 0 aliphatic rings. The van der Waals surface area contributed by atoms with E-state index in [0.29, 0.717) is 6.54 Å². The average Bonchev–Trinajstić information content (AvgIpc) is 2.83. The molecular formula is C13H15ClN2O2S2. The monoisotopic (exact) mass is 330 g/mol. The molecule has 0 saturated carbocycles. The Morgan fingerprint density at radius 2 is 2.10 bits per heavy atom. The van der Waals surface area contributed by atoms with Crippen LogP contribution in [-0.2, 0) is 10.0 Å². The lowest BCUT2D eigenvalue weighted by atomic mass is 10.2. The van der Waals surface area contributed by atoms with Crippen LogP contribution in [0.5, 0.6) is 0 Å². The minimum Gasteiger partial charge on any atom is -0.249 e. The van der Waals surface area contributed by atoms with Gasteiger partial charge in [-0.3, -0.25) is 0 Å². The molecule has 0 spiro atoms. The summed E-state index contributed by atoms with van der Waals surface area (Å²) >= 11 is 7.49. The molecule has 0 saturated heterocycles. The molecule has 0 bridgehead atoms. The summed E-state index contributed by atoms with van der Waals surface area (Å²) in [5.41, 5.74) is 0. The molecule has 0 radical (unpaired) electrons. The molecule has 0 aliphatic carbocycles. The van der Waals surface area contributed by atoms with E-state index in [0.717, 1.165) is 9.88 Å². The second kappa shape index (κ2) is 6.22. The number of hydrogen-bond donors (Lipinski definition) is 1. The van der Waals surface area contributed by atoms with E-state index in [2.05, 4.69) is 9.71 Å². The standard InChI is InChI=1S/C13H15ClN2O2S2/c1-9(13-15-8-10(2)19-13)7-16-20(17,18)12-6-4-3-5-11(12)14/h3-6,8-9,16H,7H2,1-2H3/t9-/m0/s1. The summed E-state index contributed by atoms with van der Waals surface area (Å²) in [5.74, 6) is 0.0194. The van der Waals surface area contributed by atoms with Crippen molar-refractivity contribution in [1.82, 2.24) is 9.71 Å². The smallest absolute Gasteiger partial charge is 0.242 e. The van der Waals surface area contributed by atoms with Gasteiger partial charge in [0.1, 0.15) is 4.90 Å². The number of benzene rings is 1. The summed E-state index contributed by atoms with van der Waals surface area (Å²) in [5, 5.41) is 1.14. The number of rotatable bonds is 5. The third kappa shape index (κ3) is 3.58. The first kappa shape index (κ1) is 15.4. The molecule has 1 aromatic heterocycles. The summed E-state index contributed by atoms with van der Waals surface area (Å²) in [6.07, 6.45) is 1.79. The lowest BCUT2D eigenvalue weighted by Crippen LogP contribution is -2.27. The third-order valence-corrected chi connectivity index (χ3v) is 5.83. The fraction of sp³-hybridized carbons (Fsp3) is 0.308. The van der Waals surface area contributed by atoms with E-state index in [1.165, 1.54) is 6.07 Å². The maximum Gasteiger partial charge on any atom is 0.242 e. The zero-order chi connectivity index (χ0) is 14.8. The Morgan fingerprint density at radius 3 is 2.70 bits per heavy atom. The third-order valence-electron chi connectivity index (χ3n) is 2.77. The Balaban J connectivity index is 2.08. The van der Waals surface area contributed by atoms with E-state index in [1.807, 2.05) is 13.8 Å². The van der Waals surface area contributed by atoms with Crippen LogP contribution in [0.4, 0.5) is 0 Å². The lowest BCUT2D eigenvalue weighted by Gasteiger charge is -2.11. The summed E-state index contributed by atoms with van der Waals surface area (Å²) in [7, 11) is -3.59. The van der Waals surface area contributed by atoms with Crippen molar-refractivity contribution < 1.29 is 8.42 Å². The topological polar surface area (TPSA) is 59.1 Å². The summed E-state index contributed by atoms with van der Waals surface area (Å²) < 4.78 is 26.9. The molecule has 0 unspecified atom stereocenters. The number of halogens is 1. The molecule has 1 aromatic carbocycles. The first-order valence-corrected chi connectivity index (χ1v) is 8.74. The van der Waals surface area contributed by atoms with Gasteiger partial charge < -0.3 is 0 Å². The van der Waals surface area contributed by atoms with Gasteiger partial charge in [-0.2, -0.15) is 0 Å². The van der Waals surface area contributed by atoms with Crippen LogP contribution in [0.25, 0.3) is 0 Å². The highest BCUT2D eigenvalue weighted by Gasteiger charge is 2.19. The highest BCUT2D eigenvalue weighted by molar-refractivity contribution is 7.89. The van der Waals surface area contributed by atoms with Gasteiger partial charge in [0.15, 0.2) is 0 Å². The van der Waals surface area contributed by atoms with Crippen LogP contribution in [0.15, 0.2) is 35.4 Å². The van der Waals surface area contributed by atoms with Gasteiger partial charge in [-0.15, -0.1) is 11.3 Å². The quantitative estimate of drug-likeness (QED) is 0.916. The van der Waals surface area contributed by atoms with Crippen molar-refractivity contribution in [2.45, 2.75) is 24.7 Å². The van der Waals surface area contributed by atoms with Crippen molar-refractivity contribution in [1.29, 1.82) is 0 Å². The Labute approximate surface area is 127 Å². The first-order chi connectivity index (χ1) is 9.40. The zero-order valence-corrected chi connectivity index (χ0v) is 13.5. The van der Waals surface area contributed by atoms with Crippen molar-refractivity contribution in [3.63, 3.8) is 0 Å². The number of hydrogen-bond acceptors (Lipinski definition) is 4. The van der Waals surface area contributed by atoms with Crippen LogP contribution in [-0.4, -0.2) is 19.9 Å². The molecule has 108 valence electrons. The van der Waals surface area contributed by atoms with E-state index in [1.54, 1.807) is 35.7 Å². The Morgan fingerprint density at radius 1 is 1.40 bits per heavy atom. The van der Waals surface area contributed by atoms with E-state index < -0.39 is 10.0 Å². The number of sulfonamides is 1. The van der Waals surface area contributed by atoms with Crippen LogP contribution in [0.1, 0.15) is 22.7 Å². The van der Waals surface area contributed by atoms with Gasteiger partial charge in [-0.25, -0.2) is 18.1 Å². The predicted molar refractivity (Wildman–Crippen MR) is 81.9 cm³/mol. The fourth-order valence-corrected chi connectivity index (χ4v) is 4.14. The van der Waals surface area contributed by atoms with Crippen molar-refractivity contribution in [2.75, 3.05) is 6.54 Å². The maximum absolute atomic E-state index is 12.2.